The van der Waals surface area contributed by atoms with E-state index in [1.165, 1.54) is 16.8 Å². The molecule has 1 aromatic heterocycles. The minimum absolute atomic E-state index is 0. The van der Waals surface area contributed by atoms with Crippen LogP contribution >= 0.6 is 12.4 Å². The lowest BCUT2D eigenvalue weighted by molar-refractivity contribution is -0.134. The van der Waals surface area contributed by atoms with E-state index in [2.05, 4.69) is 5.32 Å². The molecule has 2 fully saturated rings. The highest BCUT2D eigenvalue weighted by Gasteiger charge is 2.38. The molecule has 2 atom stereocenters. The van der Waals surface area contributed by atoms with Gasteiger partial charge in [-0.15, -0.1) is 12.4 Å². The summed E-state index contributed by atoms with van der Waals surface area (Å²) in [5, 5.41) is 3.36. The first-order valence-electron chi connectivity index (χ1n) is 9.49. The summed E-state index contributed by atoms with van der Waals surface area (Å²) >= 11 is 0. The maximum absolute atomic E-state index is 12.9. The van der Waals surface area contributed by atoms with Crippen LogP contribution in [0.15, 0.2) is 52.2 Å². The quantitative estimate of drug-likeness (QED) is 0.819. The third-order valence-corrected chi connectivity index (χ3v) is 5.57. The van der Waals surface area contributed by atoms with Crippen molar-refractivity contribution in [3.63, 3.8) is 0 Å². The van der Waals surface area contributed by atoms with Gasteiger partial charge in [0.1, 0.15) is 6.54 Å². The van der Waals surface area contributed by atoms with Crippen molar-refractivity contribution < 1.29 is 4.79 Å². The van der Waals surface area contributed by atoms with Crippen LogP contribution in [0.1, 0.15) is 24.8 Å². The molecule has 2 aliphatic heterocycles. The van der Waals surface area contributed by atoms with E-state index in [1.807, 2.05) is 35.2 Å². The summed E-state index contributed by atoms with van der Waals surface area (Å²) in [6, 6.07) is 11.3. The van der Waals surface area contributed by atoms with Crippen LogP contribution < -0.4 is 16.6 Å². The standard InChI is InChI=1S/C20H24N4O3.ClH/c25-18-9-11-22(13-15-4-2-1-3-5-15)20(27)23(18)14-19(26)24-16-6-7-17(24)12-21-10-8-16;/h1-5,9,11,16-17,21H,6-8,10,12-14H2;1H. The Morgan fingerprint density at radius 1 is 1.04 bits per heavy atom. The Morgan fingerprint density at radius 2 is 1.79 bits per heavy atom. The van der Waals surface area contributed by atoms with Gasteiger partial charge in [0.05, 0.1) is 6.54 Å². The molecule has 2 saturated heterocycles. The highest BCUT2D eigenvalue weighted by atomic mass is 35.5. The van der Waals surface area contributed by atoms with Crippen LogP contribution in [0.3, 0.4) is 0 Å². The van der Waals surface area contributed by atoms with Crippen LogP contribution in [0.25, 0.3) is 0 Å². The molecular weight excluding hydrogens is 380 g/mol. The van der Waals surface area contributed by atoms with Gasteiger partial charge in [0.25, 0.3) is 5.56 Å². The van der Waals surface area contributed by atoms with Gasteiger partial charge in [-0.3, -0.25) is 18.7 Å². The molecule has 28 heavy (non-hydrogen) atoms. The molecule has 1 aromatic carbocycles. The van der Waals surface area contributed by atoms with Crippen molar-refractivity contribution >= 4 is 18.3 Å². The number of halogens is 1. The second-order valence-corrected chi connectivity index (χ2v) is 7.31. The van der Waals surface area contributed by atoms with Crippen LogP contribution in [-0.4, -0.2) is 45.1 Å². The fourth-order valence-corrected chi connectivity index (χ4v) is 4.21. The Hall–Kier alpha value is -2.38. The lowest BCUT2D eigenvalue weighted by Gasteiger charge is -2.28. The van der Waals surface area contributed by atoms with Crippen molar-refractivity contribution in [1.29, 1.82) is 0 Å². The first-order valence-corrected chi connectivity index (χ1v) is 9.49. The minimum Gasteiger partial charge on any atom is -0.334 e. The number of carbonyl (C=O) groups excluding carboxylic acids is 1. The maximum Gasteiger partial charge on any atom is 0.331 e. The zero-order chi connectivity index (χ0) is 18.8. The average Bonchev–Trinajstić information content (AvgIpc) is 2.94. The van der Waals surface area contributed by atoms with Gasteiger partial charge >= 0.3 is 5.69 Å². The van der Waals surface area contributed by atoms with Crippen LogP contribution in [0.2, 0.25) is 0 Å². The number of hydrogen-bond donors (Lipinski definition) is 1. The van der Waals surface area contributed by atoms with Crippen molar-refractivity contribution in [2.24, 2.45) is 0 Å². The van der Waals surface area contributed by atoms with Crippen molar-refractivity contribution in [3.8, 4) is 0 Å². The van der Waals surface area contributed by atoms with Gasteiger partial charge in [-0.25, -0.2) is 4.79 Å². The molecule has 2 aliphatic rings. The van der Waals surface area contributed by atoms with E-state index in [-0.39, 0.29) is 36.9 Å². The molecular formula is C20H25ClN4O3. The number of rotatable bonds is 4. The number of carbonyl (C=O) groups is 1. The van der Waals surface area contributed by atoms with Gasteiger partial charge in [-0.1, -0.05) is 30.3 Å². The van der Waals surface area contributed by atoms with E-state index < -0.39 is 11.2 Å². The highest BCUT2D eigenvalue weighted by molar-refractivity contribution is 5.85. The molecule has 0 radical (unpaired) electrons. The van der Waals surface area contributed by atoms with Crippen LogP contribution in [0.4, 0.5) is 0 Å². The van der Waals surface area contributed by atoms with E-state index in [4.69, 9.17) is 0 Å². The van der Waals surface area contributed by atoms with Gasteiger partial charge in [0, 0.05) is 30.9 Å². The number of benzene rings is 1. The summed E-state index contributed by atoms with van der Waals surface area (Å²) in [6.45, 7) is 1.86. The second-order valence-electron chi connectivity index (χ2n) is 7.31. The summed E-state index contributed by atoms with van der Waals surface area (Å²) in [7, 11) is 0. The Morgan fingerprint density at radius 3 is 2.57 bits per heavy atom. The zero-order valence-corrected chi connectivity index (χ0v) is 16.4. The van der Waals surface area contributed by atoms with Gasteiger partial charge < -0.3 is 10.2 Å². The molecule has 8 heteroatoms. The predicted octanol–water partition coefficient (Wildman–Crippen LogP) is 0.833. The van der Waals surface area contributed by atoms with Crippen molar-refractivity contribution in [2.45, 2.75) is 44.4 Å². The summed E-state index contributed by atoms with van der Waals surface area (Å²) < 4.78 is 2.53. The molecule has 1 amide bonds. The van der Waals surface area contributed by atoms with E-state index >= 15 is 0 Å². The van der Waals surface area contributed by atoms with Crippen LogP contribution in [-0.2, 0) is 17.9 Å². The fraction of sp³-hybridized carbons (Fsp3) is 0.450. The van der Waals surface area contributed by atoms with Crippen molar-refractivity contribution in [1.82, 2.24) is 19.4 Å². The molecule has 2 aromatic rings. The summed E-state index contributed by atoms with van der Waals surface area (Å²) in [5.41, 5.74) is 0.0886. The number of aromatic nitrogens is 2. The van der Waals surface area contributed by atoms with Crippen LogP contribution in [0, 0.1) is 0 Å². The van der Waals surface area contributed by atoms with Crippen molar-refractivity contribution in [2.75, 3.05) is 13.1 Å². The number of hydrogen-bond acceptors (Lipinski definition) is 4. The second kappa shape index (κ2) is 8.75. The molecule has 150 valence electrons. The summed E-state index contributed by atoms with van der Waals surface area (Å²) in [6.07, 6.45) is 4.40. The zero-order valence-electron chi connectivity index (χ0n) is 15.6. The monoisotopic (exact) mass is 404 g/mol. The lowest BCUT2D eigenvalue weighted by Crippen LogP contribution is -2.48. The first-order chi connectivity index (χ1) is 13.1. The molecule has 0 aliphatic carbocycles. The van der Waals surface area contributed by atoms with E-state index in [0.29, 0.717) is 6.54 Å². The Bertz CT molecular complexity index is 926. The third-order valence-electron chi connectivity index (χ3n) is 5.57. The predicted molar refractivity (Wildman–Crippen MR) is 109 cm³/mol. The first kappa shape index (κ1) is 20.4. The molecule has 1 N–H and O–H groups in total. The number of nitrogens with one attached hydrogen (secondary N) is 1. The Labute approximate surface area is 169 Å². The Balaban J connectivity index is 0.00000225. The van der Waals surface area contributed by atoms with E-state index in [9.17, 15) is 14.4 Å². The minimum atomic E-state index is -0.444. The van der Waals surface area contributed by atoms with Crippen LogP contribution in [0.5, 0.6) is 0 Å². The Kier molecular flexibility index (Phi) is 6.36. The SMILES string of the molecule is Cl.O=C(Cn1c(=O)ccn(Cc2ccccc2)c1=O)N1C2CCNCC1CC2. The summed E-state index contributed by atoms with van der Waals surface area (Å²) in [5.74, 6) is -0.136. The summed E-state index contributed by atoms with van der Waals surface area (Å²) in [4.78, 5) is 39.9. The fourth-order valence-electron chi connectivity index (χ4n) is 4.21. The molecule has 0 saturated carbocycles. The molecule has 4 rings (SSSR count). The van der Waals surface area contributed by atoms with E-state index in [1.54, 1.807) is 0 Å². The molecule has 0 spiro atoms. The van der Waals surface area contributed by atoms with Crippen molar-refractivity contribution in [3.05, 3.63) is 69.0 Å². The molecule has 7 nitrogen and oxygen atoms in total. The lowest BCUT2D eigenvalue weighted by atomic mass is 10.1. The third kappa shape index (κ3) is 4.05. The number of fused-ring (bicyclic) bond motifs is 2. The molecule has 2 unspecified atom stereocenters. The maximum atomic E-state index is 12.9. The number of amides is 1. The highest BCUT2D eigenvalue weighted by Crippen LogP contribution is 2.27. The topological polar surface area (TPSA) is 76.3 Å². The largest absolute Gasteiger partial charge is 0.334 e. The number of nitrogens with zero attached hydrogens (tertiary/aromatic N) is 3. The van der Waals surface area contributed by atoms with Gasteiger partial charge in [0.2, 0.25) is 5.91 Å². The molecule has 2 bridgehead atoms. The molecule has 3 heterocycles. The smallest absolute Gasteiger partial charge is 0.331 e. The van der Waals surface area contributed by atoms with Gasteiger partial charge in [-0.05, 0) is 31.4 Å². The van der Waals surface area contributed by atoms with E-state index in [0.717, 1.165) is 42.5 Å². The van der Waals surface area contributed by atoms with Gasteiger partial charge in [0.15, 0.2) is 0 Å². The average molecular weight is 405 g/mol. The normalized spacial score (nSPS) is 21.1. The van der Waals surface area contributed by atoms with Gasteiger partial charge in [-0.2, -0.15) is 0 Å².